The van der Waals surface area contributed by atoms with Gasteiger partial charge in [0, 0.05) is 40.7 Å². The van der Waals surface area contributed by atoms with Crippen molar-refractivity contribution in [1.82, 2.24) is 14.6 Å². The molecule has 0 aliphatic rings. The van der Waals surface area contributed by atoms with Crippen molar-refractivity contribution < 1.29 is 14.3 Å². The summed E-state index contributed by atoms with van der Waals surface area (Å²) in [6.45, 7) is 5.47. The third-order valence-electron chi connectivity index (χ3n) is 5.72. The molecule has 0 atom stereocenters. The Morgan fingerprint density at radius 1 is 1.06 bits per heavy atom. The van der Waals surface area contributed by atoms with Crippen molar-refractivity contribution in [1.29, 1.82) is 0 Å². The van der Waals surface area contributed by atoms with Crippen LogP contribution < -0.4 is 10.1 Å². The highest BCUT2D eigenvalue weighted by Crippen LogP contribution is 2.30. The predicted molar refractivity (Wildman–Crippen MR) is 128 cm³/mol. The van der Waals surface area contributed by atoms with Crippen LogP contribution in [0.3, 0.4) is 0 Å². The molecule has 168 valence electrons. The normalized spacial score (nSPS) is 10.9. The lowest BCUT2D eigenvalue weighted by molar-refractivity contribution is -0.116. The molecule has 2 aromatic carbocycles. The van der Waals surface area contributed by atoms with Gasteiger partial charge in [-0.15, -0.1) is 0 Å². The van der Waals surface area contributed by atoms with E-state index in [1.165, 1.54) is 6.92 Å². The number of hydrogen-bond donors (Lipinski definition) is 1. The van der Waals surface area contributed by atoms with Crippen LogP contribution in [0.15, 0.2) is 54.6 Å². The number of ether oxygens (including phenoxy) is 1. The van der Waals surface area contributed by atoms with Crippen molar-refractivity contribution in [3.05, 3.63) is 77.1 Å². The van der Waals surface area contributed by atoms with E-state index in [1.807, 2.05) is 48.7 Å². The molecule has 4 aromatic rings. The standard InChI is InChI=1S/C26H26N4O3/c1-16-21(13-14-26(32)28-20-11-9-19(10-12-20)18(3)31)17(2)30-25(27-16)15-23(29-30)22-7-5-6-8-24(22)33-4/h5-12,15H,13-14H2,1-4H3,(H,28,32). The second-order valence-electron chi connectivity index (χ2n) is 7.94. The highest BCUT2D eigenvalue weighted by Gasteiger charge is 2.16. The highest BCUT2D eigenvalue weighted by atomic mass is 16.5. The van der Waals surface area contributed by atoms with Gasteiger partial charge < -0.3 is 10.1 Å². The number of hydrogen-bond acceptors (Lipinski definition) is 5. The average molecular weight is 443 g/mol. The van der Waals surface area contributed by atoms with Gasteiger partial charge in [-0.05, 0) is 69.2 Å². The summed E-state index contributed by atoms with van der Waals surface area (Å²) in [5, 5.41) is 7.64. The number of Topliss-reactive ketones (excluding diaryl/α,β-unsaturated/α-hetero) is 1. The fourth-order valence-electron chi connectivity index (χ4n) is 3.93. The van der Waals surface area contributed by atoms with Crippen molar-refractivity contribution in [3.8, 4) is 17.0 Å². The Labute approximate surface area is 192 Å². The number of aryl methyl sites for hydroxylation is 2. The van der Waals surface area contributed by atoms with E-state index in [9.17, 15) is 9.59 Å². The number of amides is 1. The van der Waals surface area contributed by atoms with E-state index in [0.717, 1.165) is 39.6 Å². The van der Waals surface area contributed by atoms with Crippen LogP contribution >= 0.6 is 0 Å². The number of rotatable bonds is 7. The number of carbonyl (C=O) groups is 2. The van der Waals surface area contributed by atoms with Gasteiger partial charge in [0.05, 0.1) is 12.8 Å². The Kier molecular flexibility index (Phi) is 6.22. The molecule has 7 nitrogen and oxygen atoms in total. The van der Waals surface area contributed by atoms with Crippen LogP contribution in [-0.2, 0) is 11.2 Å². The van der Waals surface area contributed by atoms with Gasteiger partial charge in [-0.2, -0.15) is 5.10 Å². The molecule has 33 heavy (non-hydrogen) atoms. The molecule has 0 radical (unpaired) electrons. The fourth-order valence-corrected chi connectivity index (χ4v) is 3.93. The van der Waals surface area contributed by atoms with Crippen molar-refractivity contribution >= 4 is 23.0 Å². The van der Waals surface area contributed by atoms with E-state index in [1.54, 1.807) is 31.4 Å². The van der Waals surface area contributed by atoms with Crippen LogP contribution in [0.1, 0.15) is 40.7 Å². The average Bonchev–Trinajstić information content (AvgIpc) is 3.23. The zero-order chi connectivity index (χ0) is 23.5. The number of nitrogens with one attached hydrogen (secondary N) is 1. The molecule has 0 aliphatic carbocycles. The molecule has 7 heteroatoms. The first kappa shape index (κ1) is 22.2. The van der Waals surface area contributed by atoms with Crippen LogP contribution in [0.5, 0.6) is 5.75 Å². The summed E-state index contributed by atoms with van der Waals surface area (Å²) in [5.41, 5.74) is 6.56. The minimum atomic E-state index is -0.0975. The number of nitrogens with zero attached hydrogens (tertiary/aromatic N) is 3. The van der Waals surface area contributed by atoms with Gasteiger partial charge in [0.25, 0.3) is 0 Å². The monoisotopic (exact) mass is 442 g/mol. The van der Waals surface area contributed by atoms with E-state index in [-0.39, 0.29) is 11.7 Å². The first-order valence-electron chi connectivity index (χ1n) is 10.8. The summed E-state index contributed by atoms with van der Waals surface area (Å²) in [6.07, 6.45) is 0.853. The first-order valence-corrected chi connectivity index (χ1v) is 10.8. The maximum Gasteiger partial charge on any atom is 0.224 e. The quantitative estimate of drug-likeness (QED) is 0.416. The predicted octanol–water partition coefficient (Wildman–Crippen LogP) is 4.80. The lowest BCUT2D eigenvalue weighted by Crippen LogP contribution is -2.14. The summed E-state index contributed by atoms with van der Waals surface area (Å²) < 4.78 is 7.30. The van der Waals surface area contributed by atoms with E-state index < -0.39 is 0 Å². The lowest BCUT2D eigenvalue weighted by atomic mass is 10.1. The molecule has 0 aliphatic heterocycles. The molecule has 0 fully saturated rings. The Bertz CT molecular complexity index is 1340. The zero-order valence-corrected chi connectivity index (χ0v) is 19.2. The first-order chi connectivity index (χ1) is 15.9. The third kappa shape index (κ3) is 4.62. The number of ketones is 1. The zero-order valence-electron chi connectivity index (χ0n) is 19.2. The van der Waals surface area contributed by atoms with Gasteiger partial charge in [0.15, 0.2) is 11.4 Å². The summed E-state index contributed by atoms with van der Waals surface area (Å²) in [4.78, 5) is 28.6. The van der Waals surface area contributed by atoms with Gasteiger partial charge >= 0.3 is 0 Å². The third-order valence-corrected chi connectivity index (χ3v) is 5.72. The smallest absolute Gasteiger partial charge is 0.224 e. The minimum Gasteiger partial charge on any atom is -0.496 e. The Morgan fingerprint density at radius 3 is 2.48 bits per heavy atom. The Morgan fingerprint density at radius 2 is 1.79 bits per heavy atom. The van der Waals surface area contributed by atoms with E-state index in [4.69, 9.17) is 14.8 Å². The van der Waals surface area contributed by atoms with Crippen molar-refractivity contribution in [2.75, 3.05) is 12.4 Å². The van der Waals surface area contributed by atoms with Gasteiger partial charge in [0.2, 0.25) is 5.91 Å². The van der Waals surface area contributed by atoms with E-state index in [2.05, 4.69) is 5.32 Å². The number of para-hydroxylation sites is 1. The minimum absolute atomic E-state index is 0.00536. The topological polar surface area (TPSA) is 85.6 Å². The Hall–Kier alpha value is -4.00. The van der Waals surface area contributed by atoms with Crippen molar-refractivity contribution in [2.45, 2.75) is 33.6 Å². The molecular formula is C26H26N4O3. The SMILES string of the molecule is COc1ccccc1-c1cc2nc(C)c(CCC(=O)Nc3ccc(C(C)=O)cc3)c(C)n2n1. The fraction of sp³-hybridized carbons (Fsp3) is 0.231. The number of benzene rings is 2. The van der Waals surface area contributed by atoms with Gasteiger partial charge in [-0.25, -0.2) is 9.50 Å². The van der Waals surface area contributed by atoms with Crippen LogP contribution in [-0.4, -0.2) is 33.4 Å². The van der Waals surface area contributed by atoms with Crippen molar-refractivity contribution in [2.24, 2.45) is 0 Å². The van der Waals surface area contributed by atoms with Crippen LogP contribution in [0.2, 0.25) is 0 Å². The molecule has 4 rings (SSSR count). The maximum absolute atomic E-state index is 12.5. The number of methoxy groups -OCH3 is 1. The summed E-state index contributed by atoms with van der Waals surface area (Å²) in [6, 6.07) is 16.6. The largest absolute Gasteiger partial charge is 0.496 e. The molecule has 0 saturated carbocycles. The second-order valence-corrected chi connectivity index (χ2v) is 7.94. The Balaban J connectivity index is 1.53. The van der Waals surface area contributed by atoms with Crippen LogP contribution in [0.4, 0.5) is 5.69 Å². The molecule has 2 heterocycles. The molecule has 1 amide bonds. The molecule has 0 spiro atoms. The van der Waals surface area contributed by atoms with E-state index in [0.29, 0.717) is 24.1 Å². The van der Waals surface area contributed by atoms with E-state index >= 15 is 0 Å². The number of anilines is 1. The number of aromatic nitrogens is 3. The summed E-state index contributed by atoms with van der Waals surface area (Å²) in [7, 11) is 1.64. The lowest BCUT2D eigenvalue weighted by Gasteiger charge is -2.11. The molecular weight excluding hydrogens is 416 g/mol. The van der Waals surface area contributed by atoms with Gasteiger partial charge in [-0.1, -0.05) is 12.1 Å². The summed E-state index contributed by atoms with van der Waals surface area (Å²) in [5.74, 6) is 0.650. The molecule has 1 N–H and O–H groups in total. The van der Waals surface area contributed by atoms with Crippen molar-refractivity contribution in [3.63, 3.8) is 0 Å². The van der Waals surface area contributed by atoms with Crippen LogP contribution in [0, 0.1) is 13.8 Å². The molecule has 0 bridgehead atoms. The second kappa shape index (κ2) is 9.24. The maximum atomic E-state index is 12.5. The summed E-state index contributed by atoms with van der Waals surface area (Å²) >= 11 is 0. The number of fused-ring (bicyclic) bond motifs is 1. The molecule has 0 unspecified atom stereocenters. The molecule has 2 aromatic heterocycles. The molecule has 0 saturated heterocycles. The van der Waals surface area contributed by atoms with Crippen LogP contribution in [0.25, 0.3) is 16.9 Å². The van der Waals surface area contributed by atoms with Gasteiger partial charge in [0.1, 0.15) is 5.75 Å². The number of carbonyl (C=O) groups excluding carboxylic acids is 2. The van der Waals surface area contributed by atoms with Gasteiger partial charge in [-0.3, -0.25) is 9.59 Å². The highest BCUT2D eigenvalue weighted by molar-refractivity contribution is 5.95.